The Labute approximate surface area is 100 Å². The average Bonchev–Trinajstić information content (AvgIpc) is 2.27. The normalized spacial score (nSPS) is 10.4. The number of hydrogen-bond donors (Lipinski definition) is 1. The van der Waals surface area contributed by atoms with Crippen LogP contribution >= 0.6 is 11.8 Å². The van der Waals surface area contributed by atoms with Gasteiger partial charge < -0.3 is 5.11 Å². The molecule has 0 aliphatic carbocycles. The Morgan fingerprint density at radius 1 is 1.00 bits per heavy atom. The molecule has 1 radical (unpaired) electrons. The lowest BCUT2D eigenvalue weighted by molar-refractivity contribution is 0.466. The molecule has 0 saturated heterocycles. The molecule has 2 aromatic rings. The lowest BCUT2D eigenvalue weighted by Crippen LogP contribution is -1.82. The van der Waals surface area contributed by atoms with Crippen molar-refractivity contribution >= 4 is 11.8 Å². The van der Waals surface area contributed by atoms with Crippen molar-refractivity contribution in [3.8, 4) is 5.75 Å². The Morgan fingerprint density at radius 3 is 2.12 bits per heavy atom. The topological polar surface area (TPSA) is 20.2 Å². The van der Waals surface area contributed by atoms with Crippen molar-refractivity contribution < 1.29 is 5.11 Å². The molecule has 0 spiro atoms. The van der Waals surface area contributed by atoms with Gasteiger partial charge in [-0.25, -0.2) is 0 Å². The lowest BCUT2D eigenvalue weighted by atomic mass is 10.1. The second-order valence-electron chi connectivity index (χ2n) is 3.74. The quantitative estimate of drug-likeness (QED) is 0.841. The first-order chi connectivity index (χ1) is 7.66. The molecule has 2 heteroatoms. The van der Waals surface area contributed by atoms with Crippen molar-refractivity contribution in [2.75, 3.05) is 0 Å². The Hall–Kier alpha value is -1.41. The second-order valence-corrected chi connectivity index (χ2v) is 4.89. The van der Waals surface area contributed by atoms with E-state index in [9.17, 15) is 5.11 Å². The number of hydrogen-bond acceptors (Lipinski definition) is 2. The predicted molar refractivity (Wildman–Crippen MR) is 67.0 cm³/mol. The van der Waals surface area contributed by atoms with Crippen LogP contribution in [-0.4, -0.2) is 5.11 Å². The molecule has 0 aliphatic heterocycles. The van der Waals surface area contributed by atoms with Gasteiger partial charge in [0.25, 0.3) is 0 Å². The van der Waals surface area contributed by atoms with Crippen LogP contribution in [-0.2, 0) is 0 Å². The molecular weight excluding hydrogens is 216 g/mol. The van der Waals surface area contributed by atoms with E-state index in [0.29, 0.717) is 5.75 Å². The van der Waals surface area contributed by atoms with Gasteiger partial charge in [-0.05, 0) is 55.3 Å². The highest BCUT2D eigenvalue weighted by molar-refractivity contribution is 7.99. The van der Waals surface area contributed by atoms with Gasteiger partial charge in [0.1, 0.15) is 5.75 Å². The Bertz CT molecular complexity index is 468. The van der Waals surface area contributed by atoms with Crippen LogP contribution in [0.25, 0.3) is 0 Å². The summed E-state index contributed by atoms with van der Waals surface area (Å²) >= 11 is 1.69. The van der Waals surface area contributed by atoms with Gasteiger partial charge >= 0.3 is 0 Å². The molecule has 0 heterocycles. The summed E-state index contributed by atoms with van der Waals surface area (Å²) in [7, 11) is 0. The molecule has 0 bridgehead atoms. The van der Waals surface area contributed by atoms with Gasteiger partial charge in [-0.3, -0.25) is 0 Å². The van der Waals surface area contributed by atoms with Crippen molar-refractivity contribution in [1.82, 2.24) is 0 Å². The Morgan fingerprint density at radius 2 is 1.56 bits per heavy atom. The number of aryl methyl sites for hydroxylation is 2. The standard InChI is InChI=1S/C14H13OS/c1-10-8-13(9-11(2)14(10)15)16-12-6-4-3-5-7-12/h4-9,15H,1-2H3. The number of phenolic OH excluding ortho intramolecular Hbond substituents is 1. The van der Waals surface area contributed by atoms with Gasteiger partial charge in [-0.15, -0.1) is 0 Å². The van der Waals surface area contributed by atoms with Crippen LogP contribution in [0.15, 0.2) is 46.2 Å². The monoisotopic (exact) mass is 229 g/mol. The van der Waals surface area contributed by atoms with Crippen molar-refractivity contribution in [2.24, 2.45) is 0 Å². The first kappa shape index (κ1) is 11.1. The lowest BCUT2D eigenvalue weighted by Gasteiger charge is -2.07. The first-order valence-corrected chi connectivity index (χ1v) is 5.92. The maximum atomic E-state index is 9.68. The molecule has 0 saturated carbocycles. The van der Waals surface area contributed by atoms with Crippen LogP contribution in [0.2, 0.25) is 0 Å². The minimum absolute atomic E-state index is 0.394. The fourth-order valence-electron chi connectivity index (χ4n) is 1.55. The van der Waals surface area contributed by atoms with Crippen LogP contribution in [0.1, 0.15) is 11.1 Å². The molecule has 0 fully saturated rings. The van der Waals surface area contributed by atoms with Crippen LogP contribution in [0.5, 0.6) is 5.75 Å². The van der Waals surface area contributed by atoms with E-state index in [1.807, 2.05) is 50.2 Å². The largest absolute Gasteiger partial charge is 0.507 e. The summed E-state index contributed by atoms with van der Waals surface area (Å²) < 4.78 is 0. The smallest absolute Gasteiger partial charge is 0.121 e. The van der Waals surface area contributed by atoms with E-state index in [1.54, 1.807) is 11.8 Å². The van der Waals surface area contributed by atoms with Gasteiger partial charge in [0.2, 0.25) is 0 Å². The number of aromatic hydroxyl groups is 1. The number of phenols is 1. The summed E-state index contributed by atoms with van der Waals surface area (Å²) in [4.78, 5) is 2.34. The van der Waals surface area contributed by atoms with E-state index < -0.39 is 0 Å². The Balaban J connectivity index is 2.29. The third-order valence-electron chi connectivity index (χ3n) is 2.39. The van der Waals surface area contributed by atoms with E-state index in [4.69, 9.17) is 0 Å². The fraction of sp³-hybridized carbons (Fsp3) is 0.143. The second kappa shape index (κ2) is 4.62. The third-order valence-corrected chi connectivity index (χ3v) is 3.37. The first-order valence-electron chi connectivity index (χ1n) is 5.11. The molecule has 1 N–H and O–H groups in total. The molecule has 0 aliphatic rings. The Kier molecular flexibility index (Phi) is 3.20. The fourth-order valence-corrected chi connectivity index (χ4v) is 2.57. The maximum Gasteiger partial charge on any atom is 0.121 e. The molecule has 0 atom stereocenters. The van der Waals surface area contributed by atoms with Gasteiger partial charge in [0, 0.05) is 9.79 Å². The van der Waals surface area contributed by atoms with Crippen LogP contribution in [0, 0.1) is 19.9 Å². The molecular formula is C14H13OS. The summed E-state index contributed by atoms with van der Waals surface area (Å²) in [5.74, 6) is 0.394. The average molecular weight is 229 g/mol. The third kappa shape index (κ3) is 2.39. The van der Waals surface area contributed by atoms with Crippen LogP contribution in [0.3, 0.4) is 0 Å². The van der Waals surface area contributed by atoms with E-state index in [2.05, 4.69) is 6.07 Å². The maximum absolute atomic E-state index is 9.68. The predicted octanol–water partition coefficient (Wildman–Crippen LogP) is 3.96. The van der Waals surface area contributed by atoms with Gasteiger partial charge in [0.05, 0.1) is 0 Å². The minimum atomic E-state index is 0.394. The molecule has 0 aromatic heterocycles. The van der Waals surface area contributed by atoms with Crippen molar-refractivity contribution in [3.63, 3.8) is 0 Å². The zero-order chi connectivity index (χ0) is 11.5. The summed E-state index contributed by atoms with van der Waals surface area (Å²) in [5, 5.41) is 9.68. The number of benzene rings is 2. The van der Waals surface area contributed by atoms with Crippen molar-refractivity contribution in [3.05, 3.63) is 53.6 Å². The van der Waals surface area contributed by atoms with Crippen LogP contribution in [0.4, 0.5) is 0 Å². The number of rotatable bonds is 2. The summed E-state index contributed by atoms with van der Waals surface area (Å²) in [6, 6.07) is 14.9. The highest BCUT2D eigenvalue weighted by Gasteiger charge is 2.04. The van der Waals surface area contributed by atoms with Gasteiger partial charge in [-0.2, -0.15) is 0 Å². The van der Waals surface area contributed by atoms with E-state index >= 15 is 0 Å². The van der Waals surface area contributed by atoms with Gasteiger partial charge in [-0.1, -0.05) is 23.9 Å². The van der Waals surface area contributed by atoms with E-state index in [1.165, 1.54) is 4.90 Å². The molecule has 16 heavy (non-hydrogen) atoms. The van der Waals surface area contributed by atoms with Crippen molar-refractivity contribution in [2.45, 2.75) is 23.6 Å². The highest BCUT2D eigenvalue weighted by atomic mass is 32.2. The molecule has 2 rings (SSSR count). The molecule has 2 aromatic carbocycles. The zero-order valence-corrected chi connectivity index (χ0v) is 10.1. The molecule has 0 amide bonds. The van der Waals surface area contributed by atoms with E-state index in [-0.39, 0.29) is 0 Å². The zero-order valence-electron chi connectivity index (χ0n) is 9.32. The summed E-state index contributed by atoms with van der Waals surface area (Å²) in [6.07, 6.45) is 0. The summed E-state index contributed by atoms with van der Waals surface area (Å²) in [5.41, 5.74) is 1.84. The minimum Gasteiger partial charge on any atom is -0.507 e. The highest BCUT2D eigenvalue weighted by Crippen LogP contribution is 2.32. The van der Waals surface area contributed by atoms with Crippen molar-refractivity contribution in [1.29, 1.82) is 0 Å². The van der Waals surface area contributed by atoms with Crippen LogP contribution < -0.4 is 0 Å². The molecule has 0 unspecified atom stereocenters. The SMILES string of the molecule is Cc1cc(Sc2cc[c]cc2)cc(C)c1O. The molecule has 81 valence electrons. The summed E-state index contributed by atoms with van der Waals surface area (Å²) in [6.45, 7) is 3.84. The molecule has 1 nitrogen and oxygen atoms in total. The van der Waals surface area contributed by atoms with E-state index in [0.717, 1.165) is 16.0 Å². The van der Waals surface area contributed by atoms with Gasteiger partial charge in [0.15, 0.2) is 0 Å².